The number of aromatic nitrogens is 5. The smallest absolute Gasteiger partial charge is 0.344 e. The molecule has 1 saturated heterocycles. The van der Waals surface area contributed by atoms with Crippen molar-refractivity contribution in [1.29, 1.82) is 0 Å². The molecule has 0 bridgehead atoms. The molecule has 1 aliphatic rings. The quantitative estimate of drug-likeness (QED) is 0.460. The van der Waals surface area contributed by atoms with Gasteiger partial charge in [-0.05, 0) is 19.8 Å². The fraction of sp³-hybridized carbons (Fsp3) is 0.562. The van der Waals surface area contributed by atoms with Gasteiger partial charge in [-0.2, -0.15) is 0 Å². The van der Waals surface area contributed by atoms with Crippen LogP contribution in [0.4, 0.5) is 5.82 Å². The molecule has 2 aromatic rings. The summed E-state index contributed by atoms with van der Waals surface area (Å²) in [5.41, 5.74) is 3.84. The number of aromatic amines is 1. The van der Waals surface area contributed by atoms with Crippen molar-refractivity contribution in [2.75, 3.05) is 12.3 Å². The molecule has 1 aliphatic heterocycles. The van der Waals surface area contributed by atoms with Crippen LogP contribution >= 0.6 is 11.8 Å². The van der Waals surface area contributed by atoms with E-state index in [-0.39, 0.29) is 17.5 Å². The Morgan fingerprint density at radius 2 is 2.07 bits per heavy atom. The highest BCUT2D eigenvalue weighted by molar-refractivity contribution is 8.00. The van der Waals surface area contributed by atoms with Crippen LogP contribution in [0.5, 0.6) is 0 Å². The van der Waals surface area contributed by atoms with Gasteiger partial charge in [0.15, 0.2) is 10.9 Å². The van der Waals surface area contributed by atoms with E-state index in [4.69, 9.17) is 10.5 Å². The summed E-state index contributed by atoms with van der Waals surface area (Å²) in [6.07, 6.45) is 1.71. The summed E-state index contributed by atoms with van der Waals surface area (Å²) in [6, 6.07) is 0. The number of H-pyrrole nitrogens is 1. The van der Waals surface area contributed by atoms with E-state index in [0.29, 0.717) is 18.3 Å². The second kappa shape index (κ2) is 7.80. The van der Waals surface area contributed by atoms with Gasteiger partial charge in [0, 0.05) is 20.7 Å². The number of hydrogen-bond acceptors (Lipinski definition) is 8. The molecule has 1 fully saturated rings. The standard InChI is InChI=1S/C16H22N6O5S/c1-8(11(23)10-12(17)20(2)16(26)21(3)13(10)24)28-15-19-18-14(25)22(15)7-9-5-4-6-27-9/h8-9H,4-7,17H2,1-3H3,(H,18,25). The van der Waals surface area contributed by atoms with E-state index >= 15 is 0 Å². The van der Waals surface area contributed by atoms with Gasteiger partial charge in [-0.3, -0.25) is 23.3 Å². The summed E-state index contributed by atoms with van der Waals surface area (Å²) in [5.74, 6) is -0.734. The molecule has 12 heteroatoms. The summed E-state index contributed by atoms with van der Waals surface area (Å²) in [4.78, 5) is 49.3. The van der Waals surface area contributed by atoms with Crippen molar-refractivity contribution < 1.29 is 9.53 Å². The molecule has 0 radical (unpaired) electrons. The van der Waals surface area contributed by atoms with Gasteiger partial charge in [0.05, 0.1) is 17.9 Å². The second-order valence-corrected chi connectivity index (χ2v) is 7.96. The highest BCUT2D eigenvalue weighted by Crippen LogP contribution is 2.24. The predicted molar refractivity (Wildman–Crippen MR) is 103 cm³/mol. The van der Waals surface area contributed by atoms with E-state index in [0.717, 1.165) is 33.7 Å². The molecule has 3 heterocycles. The first-order valence-corrected chi connectivity index (χ1v) is 9.63. The number of rotatable bonds is 6. The van der Waals surface area contributed by atoms with Crippen molar-refractivity contribution in [1.82, 2.24) is 23.9 Å². The number of hydrogen-bond donors (Lipinski definition) is 2. The molecule has 2 aromatic heterocycles. The minimum Gasteiger partial charge on any atom is -0.384 e. The molecule has 3 N–H and O–H groups in total. The van der Waals surface area contributed by atoms with Crippen LogP contribution in [0.25, 0.3) is 0 Å². The summed E-state index contributed by atoms with van der Waals surface area (Å²) in [6.45, 7) is 2.58. The number of anilines is 1. The highest BCUT2D eigenvalue weighted by Gasteiger charge is 2.28. The van der Waals surface area contributed by atoms with E-state index in [1.807, 2.05) is 0 Å². The maximum atomic E-state index is 12.9. The Morgan fingerprint density at radius 1 is 1.36 bits per heavy atom. The molecule has 0 spiro atoms. The van der Waals surface area contributed by atoms with Crippen LogP contribution in [0, 0.1) is 0 Å². The third kappa shape index (κ3) is 3.56. The molecule has 28 heavy (non-hydrogen) atoms. The summed E-state index contributed by atoms with van der Waals surface area (Å²) in [5, 5.41) is 5.92. The molecular weight excluding hydrogens is 388 g/mol. The fourth-order valence-electron chi connectivity index (χ4n) is 3.05. The van der Waals surface area contributed by atoms with Crippen LogP contribution in [0.1, 0.15) is 30.1 Å². The monoisotopic (exact) mass is 410 g/mol. The average Bonchev–Trinajstić information content (AvgIpc) is 3.30. The zero-order valence-electron chi connectivity index (χ0n) is 15.8. The lowest BCUT2D eigenvalue weighted by atomic mass is 10.1. The van der Waals surface area contributed by atoms with Crippen LogP contribution in [0.15, 0.2) is 19.5 Å². The lowest BCUT2D eigenvalue weighted by Gasteiger charge is -2.15. The number of nitrogens with zero attached hydrogens (tertiary/aromatic N) is 4. The van der Waals surface area contributed by atoms with Crippen molar-refractivity contribution in [3.8, 4) is 0 Å². The number of carbonyl (C=O) groups excluding carboxylic acids is 1. The van der Waals surface area contributed by atoms with Crippen LogP contribution in [0.2, 0.25) is 0 Å². The van der Waals surface area contributed by atoms with Crippen molar-refractivity contribution in [2.45, 2.75) is 42.8 Å². The number of nitrogen functional groups attached to an aromatic ring is 1. The topological polar surface area (TPSA) is 147 Å². The van der Waals surface area contributed by atoms with Crippen molar-refractivity contribution in [3.63, 3.8) is 0 Å². The van der Waals surface area contributed by atoms with E-state index in [1.54, 1.807) is 6.92 Å². The number of nitrogens with one attached hydrogen (secondary N) is 1. The Kier molecular flexibility index (Phi) is 5.61. The van der Waals surface area contributed by atoms with E-state index in [2.05, 4.69) is 10.2 Å². The van der Waals surface area contributed by atoms with Gasteiger partial charge in [0.1, 0.15) is 11.4 Å². The Bertz CT molecular complexity index is 1070. The molecule has 0 aromatic carbocycles. The third-order valence-corrected chi connectivity index (χ3v) is 5.83. The van der Waals surface area contributed by atoms with Crippen LogP contribution in [0.3, 0.4) is 0 Å². The Hall–Kier alpha value is -2.60. The maximum Gasteiger partial charge on any atom is 0.344 e. The van der Waals surface area contributed by atoms with Crippen LogP contribution in [-0.4, -0.2) is 47.6 Å². The number of Topliss-reactive ketones (excluding diaryl/α,β-unsaturated/α-hetero) is 1. The first kappa shape index (κ1) is 20.1. The molecule has 0 amide bonds. The SMILES string of the molecule is CC(Sc1n[nH]c(=O)n1CC1CCCO1)C(=O)c1c(N)n(C)c(=O)n(C)c1=O. The number of ether oxygens (including phenoxy) is 1. The number of ketones is 1. The lowest BCUT2D eigenvalue weighted by Crippen LogP contribution is -2.42. The van der Waals surface area contributed by atoms with Gasteiger partial charge in [0.2, 0.25) is 0 Å². The van der Waals surface area contributed by atoms with Crippen LogP contribution in [-0.2, 0) is 25.4 Å². The number of nitrogens with two attached hydrogens (primary N) is 1. The Labute approximate surface area is 163 Å². The van der Waals surface area contributed by atoms with Gasteiger partial charge in [0.25, 0.3) is 5.56 Å². The maximum absolute atomic E-state index is 12.9. The molecule has 0 aliphatic carbocycles. The van der Waals surface area contributed by atoms with Gasteiger partial charge < -0.3 is 10.5 Å². The van der Waals surface area contributed by atoms with Crippen molar-refractivity contribution in [2.24, 2.45) is 14.1 Å². The fourth-order valence-corrected chi connectivity index (χ4v) is 3.98. The summed E-state index contributed by atoms with van der Waals surface area (Å²) >= 11 is 1.04. The second-order valence-electron chi connectivity index (χ2n) is 6.65. The molecule has 2 atom stereocenters. The zero-order valence-corrected chi connectivity index (χ0v) is 16.6. The largest absolute Gasteiger partial charge is 0.384 e. The first-order valence-electron chi connectivity index (χ1n) is 8.75. The number of thioether (sulfide) groups is 1. The molecule has 3 rings (SSSR count). The molecular formula is C16H22N6O5S. The summed E-state index contributed by atoms with van der Waals surface area (Å²) in [7, 11) is 2.67. The first-order chi connectivity index (χ1) is 13.2. The van der Waals surface area contributed by atoms with Gasteiger partial charge in [-0.1, -0.05) is 11.8 Å². The minimum atomic E-state index is -0.758. The number of carbonyl (C=O) groups is 1. The average molecular weight is 410 g/mol. The molecule has 11 nitrogen and oxygen atoms in total. The lowest BCUT2D eigenvalue weighted by molar-refractivity contribution is 0.0941. The molecule has 152 valence electrons. The van der Waals surface area contributed by atoms with Crippen molar-refractivity contribution in [3.05, 3.63) is 36.9 Å². The van der Waals surface area contributed by atoms with E-state index in [1.165, 1.54) is 18.7 Å². The van der Waals surface area contributed by atoms with Crippen molar-refractivity contribution >= 4 is 23.4 Å². The molecule has 0 saturated carbocycles. The predicted octanol–water partition coefficient (Wildman–Crippen LogP) is -0.906. The Morgan fingerprint density at radius 3 is 2.71 bits per heavy atom. The zero-order chi connectivity index (χ0) is 20.6. The van der Waals surface area contributed by atoms with E-state index in [9.17, 15) is 19.2 Å². The summed E-state index contributed by atoms with van der Waals surface area (Å²) < 4.78 is 8.87. The van der Waals surface area contributed by atoms with Gasteiger partial charge in [-0.25, -0.2) is 14.7 Å². The highest BCUT2D eigenvalue weighted by atomic mass is 32.2. The van der Waals surface area contributed by atoms with Gasteiger partial charge in [-0.15, -0.1) is 5.10 Å². The third-order valence-electron chi connectivity index (χ3n) is 4.74. The Balaban J connectivity index is 1.88. The molecule has 2 unspecified atom stereocenters. The normalized spacial score (nSPS) is 17.8. The van der Waals surface area contributed by atoms with Gasteiger partial charge >= 0.3 is 11.4 Å². The van der Waals surface area contributed by atoms with E-state index < -0.39 is 28.0 Å². The van der Waals surface area contributed by atoms with Crippen LogP contribution < -0.4 is 22.7 Å². The minimum absolute atomic E-state index is 0.0766.